The van der Waals surface area contributed by atoms with E-state index in [2.05, 4.69) is 22.7 Å². The number of nitrogens with zero attached hydrogens (tertiary/aromatic N) is 2. The Morgan fingerprint density at radius 3 is 2.71 bits per heavy atom. The molecular formula is C20H18N4O3S. The number of aromatic nitrogens is 2. The number of amides is 1. The second-order valence-electron chi connectivity index (χ2n) is 6.33. The molecule has 3 N–H and O–H groups in total. The molecule has 0 fully saturated rings. The van der Waals surface area contributed by atoms with Crippen molar-refractivity contribution in [3.63, 3.8) is 0 Å². The summed E-state index contributed by atoms with van der Waals surface area (Å²) in [5, 5.41) is 21.4. The predicted molar refractivity (Wildman–Crippen MR) is 108 cm³/mol. The number of carbonyl (C=O) groups excluding carboxylic acids is 1. The largest absolute Gasteiger partial charge is 0.477 e. The van der Waals surface area contributed by atoms with Gasteiger partial charge in [-0.05, 0) is 41.6 Å². The molecule has 2 aromatic heterocycles. The summed E-state index contributed by atoms with van der Waals surface area (Å²) < 4.78 is 1.63. The highest BCUT2D eigenvalue weighted by atomic mass is 32.1. The normalized spacial score (nSPS) is 15.3. The number of carboxylic acid groups (broad SMARTS) is 1. The highest BCUT2D eigenvalue weighted by molar-refractivity contribution is 7.10. The van der Waals surface area contributed by atoms with Gasteiger partial charge in [0.1, 0.15) is 23.1 Å². The summed E-state index contributed by atoms with van der Waals surface area (Å²) in [7, 11) is 0. The Morgan fingerprint density at radius 2 is 2.07 bits per heavy atom. The molecule has 0 saturated carbocycles. The lowest BCUT2D eigenvalue weighted by Crippen LogP contribution is -2.25. The molecule has 1 aliphatic heterocycles. The zero-order valence-corrected chi connectivity index (χ0v) is 15.9. The molecule has 1 aromatic carbocycles. The van der Waals surface area contributed by atoms with Crippen LogP contribution in [0.1, 0.15) is 33.8 Å². The maximum atomic E-state index is 12.8. The zero-order chi connectivity index (χ0) is 19.7. The smallest absolute Gasteiger partial charge is 0.352 e. The number of hydrogen-bond donors (Lipinski definition) is 3. The number of nitrogens with one attached hydrogen (secondary N) is 2. The Labute approximate surface area is 165 Å². The van der Waals surface area contributed by atoms with Crippen LogP contribution in [0.5, 0.6) is 0 Å². The minimum atomic E-state index is -1.09. The van der Waals surface area contributed by atoms with Crippen LogP contribution in [-0.2, 0) is 11.2 Å². The van der Waals surface area contributed by atoms with Crippen molar-refractivity contribution in [3.8, 4) is 0 Å². The number of thiophene rings is 1. The van der Waals surface area contributed by atoms with Crippen LogP contribution in [0.4, 0.5) is 11.5 Å². The van der Waals surface area contributed by atoms with Gasteiger partial charge in [0.2, 0.25) is 0 Å². The Morgan fingerprint density at radius 1 is 1.29 bits per heavy atom. The monoisotopic (exact) mass is 394 g/mol. The topological polar surface area (TPSA) is 96.3 Å². The molecule has 0 unspecified atom stereocenters. The lowest BCUT2D eigenvalue weighted by molar-refractivity contribution is -0.132. The number of benzene rings is 1. The van der Waals surface area contributed by atoms with Gasteiger partial charge in [-0.15, -0.1) is 11.3 Å². The van der Waals surface area contributed by atoms with Crippen molar-refractivity contribution in [3.05, 3.63) is 75.8 Å². The van der Waals surface area contributed by atoms with Gasteiger partial charge in [-0.1, -0.05) is 25.1 Å². The van der Waals surface area contributed by atoms with Crippen molar-refractivity contribution in [2.24, 2.45) is 0 Å². The van der Waals surface area contributed by atoms with Crippen LogP contribution < -0.4 is 10.6 Å². The SMILES string of the molecule is CCc1ccc(NC(=O)c2cnn3c2NC(C(=O)O)=C[C@@H]3c2cccs2)cc1. The molecule has 1 amide bonds. The summed E-state index contributed by atoms with van der Waals surface area (Å²) in [6.07, 6.45) is 3.97. The molecule has 1 aliphatic rings. The minimum Gasteiger partial charge on any atom is -0.477 e. The molecule has 3 aromatic rings. The van der Waals surface area contributed by atoms with Gasteiger partial charge >= 0.3 is 5.97 Å². The van der Waals surface area contributed by atoms with Crippen molar-refractivity contribution < 1.29 is 14.7 Å². The number of allylic oxidation sites excluding steroid dienone is 1. The van der Waals surface area contributed by atoms with Gasteiger partial charge in [0.05, 0.1) is 6.20 Å². The molecule has 7 nitrogen and oxygen atoms in total. The first-order valence-corrected chi connectivity index (χ1v) is 9.68. The first-order valence-electron chi connectivity index (χ1n) is 8.80. The minimum absolute atomic E-state index is 0.0211. The van der Waals surface area contributed by atoms with E-state index in [-0.39, 0.29) is 23.2 Å². The van der Waals surface area contributed by atoms with E-state index in [1.165, 1.54) is 23.1 Å². The van der Waals surface area contributed by atoms with Gasteiger partial charge in [-0.2, -0.15) is 5.10 Å². The number of rotatable bonds is 5. The number of carbonyl (C=O) groups is 2. The first kappa shape index (κ1) is 18.0. The number of anilines is 2. The molecule has 0 saturated heterocycles. The molecule has 0 radical (unpaired) electrons. The van der Waals surface area contributed by atoms with Gasteiger partial charge in [0.15, 0.2) is 0 Å². The molecule has 1 atom stereocenters. The van der Waals surface area contributed by atoms with Gasteiger partial charge in [0.25, 0.3) is 5.91 Å². The second kappa shape index (κ2) is 7.32. The summed E-state index contributed by atoms with van der Waals surface area (Å²) in [4.78, 5) is 25.3. The van der Waals surface area contributed by atoms with Crippen molar-refractivity contribution in [1.29, 1.82) is 0 Å². The average molecular weight is 394 g/mol. The van der Waals surface area contributed by atoms with Crippen LogP contribution in [-0.4, -0.2) is 26.8 Å². The molecule has 8 heteroatoms. The standard InChI is InChI=1S/C20H18N4O3S/c1-2-12-5-7-13(8-6-12)22-19(25)14-11-21-24-16(17-4-3-9-28-17)10-15(20(26)27)23-18(14)24/h3-11,16,23H,2H2,1H3,(H,22,25)(H,26,27)/t16-/m1/s1. The lowest BCUT2D eigenvalue weighted by atomic mass is 10.1. The van der Waals surface area contributed by atoms with E-state index in [4.69, 9.17) is 0 Å². The van der Waals surface area contributed by atoms with Crippen LogP contribution in [0.15, 0.2) is 59.7 Å². The number of carboxylic acids is 1. The van der Waals surface area contributed by atoms with Crippen molar-refractivity contribution in [1.82, 2.24) is 9.78 Å². The third-order valence-corrected chi connectivity index (χ3v) is 5.51. The van der Waals surface area contributed by atoms with E-state index in [1.54, 1.807) is 10.8 Å². The molecule has 0 spiro atoms. The second-order valence-corrected chi connectivity index (χ2v) is 7.31. The van der Waals surface area contributed by atoms with E-state index < -0.39 is 5.97 Å². The van der Waals surface area contributed by atoms with Crippen LogP contribution in [0.3, 0.4) is 0 Å². The average Bonchev–Trinajstić information content (AvgIpc) is 3.37. The molecule has 0 aliphatic carbocycles. The molecule has 142 valence electrons. The van der Waals surface area contributed by atoms with E-state index in [9.17, 15) is 14.7 Å². The van der Waals surface area contributed by atoms with Gasteiger partial charge in [0, 0.05) is 10.6 Å². The van der Waals surface area contributed by atoms with Crippen LogP contribution in [0.2, 0.25) is 0 Å². The summed E-state index contributed by atoms with van der Waals surface area (Å²) in [5.74, 6) is -1.08. The quantitative estimate of drug-likeness (QED) is 0.613. The van der Waals surface area contributed by atoms with Crippen LogP contribution in [0, 0.1) is 0 Å². The predicted octanol–water partition coefficient (Wildman–Crippen LogP) is 3.74. The summed E-state index contributed by atoms with van der Waals surface area (Å²) >= 11 is 1.50. The number of hydrogen-bond acceptors (Lipinski definition) is 5. The molecule has 4 rings (SSSR count). The third-order valence-electron chi connectivity index (χ3n) is 4.57. The van der Waals surface area contributed by atoms with E-state index >= 15 is 0 Å². The van der Waals surface area contributed by atoms with E-state index in [0.29, 0.717) is 11.5 Å². The first-order chi connectivity index (χ1) is 13.6. The number of aliphatic carboxylic acids is 1. The molecule has 0 bridgehead atoms. The molecular weight excluding hydrogens is 376 g/mol. The highest BCUT2D eigenvalue weighted by Crippen LogP contribution is 2.34. The van der Waals surface area contributed by atoms with Crippen molar-refractivity contribution in [2.75, 3.05) is 10.6 Å². The lowest BCUT2D eigenvalue weighted by Gasteiger charge is -2.23. The Kier molecular flexibility index (Phi) is 4.70. The van der Waals surface area contributed by atoms with Gasteiger partial charge in [-0.3, -0.25) is 4.79 Å². The van der Waals surface area contributed by atoms with Crippen LogP contribution >= 0.6 is 11.3 Å². The fourth-order valence-electron chi connectivity index (χ4n) is 3.07. The molecule has 3 heterocycles. The fourth-order valence-corrected chi connectivity index (χ4v) is 3.85. The zero-order valence-electron chi connectivity index (χ0n) is 15.0. The Hall–Kier alpha value is -3.39. The van der Waals surface area contributed by atoms with Gasteiger partial charge in [-0.25, -0.2) is 9.48 Å². The fraction of sp³-hybridized carbons (Fsp3) is 0.150. The maximum Gasteiger partial charge on any atom is 0.352 e. The summed E-state index contributed by atoms with van der Waals surface area (Å²) in [5.41, 5.74) is 2.15. The van der Waals surface area contributed by atoms with Crippen molar-refractivity contribution in [2.45, 2.75) is 19.4 Å². The number of aryl methyl sites for hydroxylation is 1. The van der Waals surface area contributed by atoms with E-state index in [0.717, 1.165) is 11.3 Å². The van der Waals surface area contributed by atoms with Crippen molar-refractivity contribution >= 4 is 34.7 Å². The van der Waals surface area contributed by atoms with E-state index in [1.807, 2.05) is 41.8 Å². The summed E-state index contributed by atoms with van der Waals surface area (Å²) in [6.45, 7) is 2.07. The molecule has 28 heavy (non-hydrogen) atoms. The number of fused-ring (bicyclic) bond motifs is 1. The Bertz CT molecular complexity index is 1050. The highest BCUT2D eigenvalue weighted by Gasteiger charge is 2.29. The van der Waals surface area contributed by atoms with Gasteiger partial charge < -0.3 is 15.7 Å². The summed E-state index contributed by atoms with van der Waals surface area (Å²) in [6, 6.07) is 11.0. The Balaban J connectivity index is 1.66. The third kappa shape index (κ3) is 3.29. The van der Waals surface area contributed by atoms with Crippen LogP contribution in [0.25, 0.3) is 0 Å². The maximum absolute atomic E-state index is 12.8.